The van der Waals surface area contributed by atoms with E-state index in [-0.39, 0.29) is 6.04 Å². The number of benzene rings is 2. The summed E-state index contributed by atoms with van der Waals surface area (Å²) in [5.74, 6) is 0.597. The van der Waals surface area contributed by atoms with Crippen molar-refractivity contribution in [1.82, 2.24) is 5.32 Å². The van der Waals surface area contributed by atoms with Crippen molar-refractivity contribution in [3.05, 3.63) is 72.0 Å². The lowest BCUT2D eigenvalue weighted by atomic mass is 10.1. The fourth-order valence-electron chi connectivity index (χ4n) is 2.60. The highest BCUT2D eigenvalue weighted by atomic mass is 32.2. The fourth-order valence-corrected chi connectivity index (χ4v) is 3.38. The lowest BCUT2D eigenvalue weighted by Crippen LogP contribution is -2.25. The summed E-state index contributed by atoms with van der Waals surface area (Å²) < 4.78 is 17.2. The van der Waals surface area contributed by atoms with Crippen molar-refractivity contribution in [3.63, 3.8) is 0 Å². The molecule has 0 saturated carbocycles. The zero-order valence-electron chi connectivity index (χ0n) is 12.5. The van der Waals surface area contributed by atoms with Gasteiger partial charge in [0.1, 0.15) is 5.58 Å². The molecule has 0 amide bonds. The van der Waals surface area contributed by atoms with Crippen molar-refractivity contribution in [2.45, 2.75) is 12.6 Å². The van der Waals surface area contributed by atoms with E-state index in [4.69, 9.17) is 4.42 Å². The monoisotopic (exact) mass is 313 g/mol. The van der Waals surface area contributed by atoms with Crippen molar-refractivity contribution in [3.8, 4) is 0 Å². The summed E-state index contributed by atoms with van der Waals surface area (Å²) in [4.78, 5) is 0. The van der Waals surface area contributed by atoms with Gasteiger partial charge in [0.25, 0.3) is 0 Å². The minimum atomic E-state index is -0.857. The molecule has 3 nitrogen and oxygen atoms in total. The minimum Gasteiger partial charge on any atom is -0.464 e. The predicted octanol–water partition coefficient (Wildman–Crippen LogP) is 3.64. The molecule has 4 heteroatoms. The fraction of sp³-hybridized carbons (Fsp3) is 0.222. The summed E-state index contributed by atoms with van der Waals surface area (Å²) in [5, 5.41) is 4.63. The third-order valence-electron chi connectivity index (χ3n) is 3.70. The third kappa shape index (κ3) is 3.46. The zero-order chi connectivity index (χ0) is 15.4. The maximum Gasteiger partial charge on any atom is 0.134 e. The Morgan fingerprint density at radius 2 is 1.82 bits per heavy atom. The van der Waals surface area contributed by atoms with Crippen LogP contribution in [0.3, 0.4) is 0 Å². The van der Waals surface area contributed by atoms with E-state index >= 15 is 0 Å². The number of hydrogen-bond donors (Lipinski definition) is 1. The maximum atomic E-state index is 11.7. The molecule has 0 radical (unpaired) electrons. The van der Waals surface area contributed by atoms with Gasteiger partial charge < -0.3 is 9.73 Å². The number of para-hydroxylation sites is 1. The van der Waals surface area contributed by atoms with Crippen LogP contribution in [-0.2, 0) is 17.3 Å². The van der Waals surface area contributed by atoms with Gasteiger partial charge in [-0.05, 0) is 11.6 Å². The van der Waals surface area contributed by atoms with Gasteiger partial charge in [-0.3, -0.25) is 4.21 Å². The molecule has 0 fully saturated rings. The standard InChI is InChI=1S/C18H19NO2S/c1-22(20)13-17(14-7-3-2-4-8-14)19-11-15-12-21-18-10-6-5-9-16(15)18/h2-10,12,17,19H,11,13H2,1H3. The Balaban J connectivity index is 1.78. The second-order valence-electron chi connectivity index (χ2n) is 5.34. The first-order valence-electron chi connectivity index (χ1n) is 7.27. The first kappa shape index (κ1) is 15.0. The van der Waals surface area contributed by atoms with Crippen LogP contribution in [0.25, 0.3) is 11.0 Å². The van der Waals surface area contributed by atoms with Crippen LogP contribution in [0.15, 0.2) is 65.3 Å². The Kier molecular flexibility index (Phi) is 4.71. The van der Waals surface area contributed by atoms with E-state index in [1.807, 2.05) is 36.4 Å². The largest absolute Gasteiger partial charge is 0.464 e. The van der Waals surface area contributed by atoms with Crippen LogP contribution in [0.4, 0.5) is 0 Å². The molecular formula is C18H19NO2S. The van der Waals surface area contributed by atoms with Gasteiger partial charge >= 0.3 is 0 Å². The summed E-state index contributed by atoms with van der Waals surface area (Å²) in [5.41, 5.74) is 3.18. The van der Waals surface area contributed by atoms with Crippen LogP contribution < -0.4 is 5.32 Å². The predicted molar refractivity (Wildman–Crippen MR) is 91.2 cm³/mol. The van der Waals surface area contributed by atoms with Crippen molar-refractivity contribution in [2.75, 3.05) is 12.0 Å². The molecule has 22 heavy (non-hydrogen) atoms. The van der Waals surface area contributed by atoms with E-state index in [2.05, 4.69) is 23.5 Å². The summed E-state index contributed by atoms with van der Waals surface area (Å²) in [6, 6.07) is 18.2. The molecule has 0 aliphatic heterocycles. The Morgan fingerprint density at radius 1 is 1.09 bits per heavy atom. The van der Waals surface area contributed by atoms with Crippen molar-refractivity contribution in [2.24, 2.45) is 0 Å². The van der Waals surface area contributed by atoms with E-state index in [0.29, 0.717) is 12.3 Å². The average Bonchev–Trinajstić information content (AvgIpc) is 2.95. The molecule has 0 saturated heterocycles. The summed E-state index contributed by atoms with van der Waals surface area (Å²) in [6.45, 7) is 0.688. The van der Waals surface area contributed by atoms with Gasteiger partial charge in [-0.1, -0.05) is 48.5 Å². The van der Waals surface area contributed by atoms with Gasteiger partial charge in [0.2, 0.25) is 0 Å². The maximum absolute atomic E-state index is 11.7. The average molecular weight is 313 g/mol. The first-order chi connectivity index (χ1) is 10.7. The Bertz CT molecular complexity index is 767. The third-order valence-corrected chi connectivity index (χ3v) is 4.51. The Labute approximate surface area is 132 Å². The molecule has 0 spiro atoms. The molecule has 1 heterocycles. The first-order valence-corrected chi connectivity index (χ1v) is 9.00. The molecule has 3 rings (SSSR count). The topological polar surface area (TPSA) is 42.2 Å². The quantitative estimate of drug-likeness (QED) is 0.755. The highest BCUT2D eigenvalue weighted by molar-refractivity contribution is 7.84. The Hall–Kier alpha value is -1.91. The van der Waals surface area contributed by atoms with Crippen LogP contribution in [0.1, 0.15) is 17.2 Å². The van der Waals surface area contributed by atoms with Crippen LogP contribution in [-0.4, -0.2) is 16.2 Å². The Morgan fingerprint density at radius 3 is 2.59 bits per heavy atom. The number of furan rings is 1. The molecular weight excluding hydrogens is 294 g/mol. The van der Waals surface area contributed by atoms with Crippen LogP contribution in [0.2, 0.25) is 0 Å². The molecule has 2 unspecified atom stereocenters. The van der Waals surface area contributed by atoms with E-state index in [1.165, 1.54) is 0 Å². The van der Waals surface area contributed by atoms with Crippen molar-refractivity contribution in [1.29, 1.82) is 0 Å². The SMILES string of the molecule is CS(=O)CC(NCc1coc2ccccc12)c1ccccc1. The lowest BCUT2D eigenvalue weighted by molar-refractivity contribution is 0.562. The van der Waals surface area contributed by atoms with Gasteiger partial charge in [-0.2, -0.15) is 0 Å². The molecule has 0 aliphatic rings. The molecule has 1 N–H and O–H groups in total. The second kappa shape index (κ2) is 6.90. The van der Waals surface area contributed by atoms with E-state index < -0.39 is 10.8 Å². The zero-order valence-corrected chi connectivity index (χ0v) is 13.3. The van der Waals surface area contributed by atoms with Crippen molar-refractivity contribution >= 4 is 21.8 Å². The van der Waals surface area contributed by atoms with Gasteiger partial charge in [-0.25, -0.2) is 0 Å². The lowest BCUT2D eigenvalue weighted by Gasteiger charge is -2.18. The number of hydrogen-bond acceptors (Lipinski definition) is 3. The van der Waals surface area contributed by atoms with Crippen LogP contribution in [0, 0.1) is 0 Å². The van der Waals surface area contributed by atoms with Crippen LogP contribution in [0.5, 0.6) is 0 Å². The number of nitrogens with one attached hydrogen (secondary N) is 1. The highest BCUT2D eigenvalue weighted by Crippen LogP contribution is 2.22. The minimum absolute atomic E-state index is 0.0701. The summed E-state index contributed by atoms with van der Waals surface area (Å²) in [6.07, 6.45) is 3.54. The number of rotatable bonds is 6. The molecule has 2 aromatic carbocycles. The van der Waals surface area contributed by atoms with Gasteiger partial charge in [0.15, 0.2) is 0 Å². The van der Waals surface area contributed by atoms with E-state index in [1.54, 1.807) is 12.5 Å². The molecule has 114 valence electrons. The molecule has 2 atom stereocenters. The molecule has 1 aromatic heterocycles. The normalized spacial score (nSPS) is 14.0. The summed E-state index contributed by atoms with van der Waals surface area (Å²) in [7, 11) is -0.857. The van der Waals surface area contributed by atoms with Crippen LogP contribution >= 0.6 is 0 Å². The van der Waals surface area contributed by atoms with Gasteiger partial charge in [0, 0.05) is 46.3 Å². The number of fused-ring (bicyclic) bond motifs is 1. The second-order valence-corrected chi connectivity index (χ2v) is 6.82. The molecule has 0 bridgehead atoms. The highest BCUT2D eigenvalue weighted by Gasteiger charge is 2.14. The molecule has 0 aliphatic carbocycles. The van der Waals surface area contributed by atoms with E-state index in [9.17, 15) is 4.21 Å². The van der Waals surface area contributed by atoms with E-state index in [0.717, 1.165) is 22.1 Å². The van der Waals surface area contributed by atoms with Crippen molar-refractivity contribution < 1.29 is 8.63 Å². The van der Waals surface area contributed by atoms with Gasteiger partial charge in [0.05, 0.1) is 6.26 Å². The van der Waals surface area contributed by atoms with Gasteiger partial charge in [-0.15, -0.1) is 0 Å². The summed E-state index contributed by atoms with van der Waals surface area (Å²) >= 11 is 0. The smallest absolute Gasteiger partial charge is 0.134 e. The molecule has 3 aromatic rings.